The Morgan fingerprint density at radius 1 is 0.707 bits per heavy atom. The highest BCUT2D eigenvalue weighted by Crippen LogP contribution is 2.29. The van der Waals surface area contributed by atoms with Gasteiger partial charge >= 0.3 is 0 Å². The van der Waals surface area contributed by atoms with Crippen molar-refractivity contribution in [2.75, 3.05) is 6.67 Å². The lowest BCUT2D eigenvalue weighted by Gasteiger charge is -2.12. The molecule has 0 aliphatic rings. The second-order valence-corrected chi connectivity index (χ2v) is 10.1. The number of hydrogen-bond acceptors (Lipinski definition) is 5. The van der Waals surface area contributed by atoms with E-state index in [1.165, 1.54) is 11.6 Å². The summed E-state index contributed by atoms with van der Waals surface area (Å²) in [5.74, 6) is 0.895. The van der Waals surface area contributed by atoms with Crippen molar-refractivity contribution < 1.29 is 0 Å². The number of amidine groups is 1. The third kappa shape index (κ3) is 7.38. The van der Waals surface area contributed by atoms with Crippen LogP contribution < -0.4 is 16.4 Å². The average molecular weight is 580 g/mol. The molecule has 204 valence electrons. The van der Waals surface area contributed by atoms with E-state index in [-0.39, 0.29) is 12.5 Å². The van der Waals surface area contributed by atoms with Crippen molar-refractivity contribution >= 4 is 29.0 Å². The van der Waals surface area contributed by atoms with Crippen molar-refractivity contribution in [2.45, 2.75) is 5.50 Å². The van der Waals surface area contributed by atoms with Gasteiger partial charge in [-0.15, -0.1) is 11.6 Å². The van der Waals surface area contributed by atoms with Crippen molar-refractivity contribution in [1.29, 1.82) is 5.41 Å². The van der Waals surface area contributed by atoms with Gasteiger partial charge in [0.15, 0.2) is 5.82 Å². The van der Waals surface area contributed by atoms with Crippen LogP contribution in [0, 0.1) is 5.41 Å². The highest BCUT2D eigenvalue weighted by atomic mass is 35.5. The Bertz CT molecular complexity index is 1640. The lowest BCUT2D eigenvalue weighted by atomic mass is 10.0. The molecule has 0 bridgehead atoms. The topological polar surface area (TPSA) is 99.7 Å². The third-order valence-electron chi connectivity index (χ3n) is 6.34. The molecule has 1 atom stereocenters. The highest BCUT2D eigenvalue weighted by molar-refractivity contribution is 6.30. The van der Waals surface area contributed by atoms with Gasteiger partial charge in [0.25, 0.3) is 0 Å². The average Bonchev–Trinajstić information content (AvgIpc) is 3.01. The smallest absolute Gasteiger partial charge is 0.160 e. The van der Waals surface area contributed by atoms with Gasteiger partial charge in [0, 0.05) is 22.3 Å². The maximum Gasteiger partial charge on any atom is 0.160 e. The van der Waals surface area contributed by atoms with Crippen LogP contribution in [0.1, 0.15) is 5.56 Å². The number of rotatable bonds is 9. The predicted octanol–water partition coefficient (Wildman–Crippen LogP) is 7.21. The molecule has 0 saturated heterocycles. The summed E-state index contributed by atoms with van der Waals surface area (Å²) in [4.78, 5) is 9.82. The van der Waals surface area contributed by atoms with Crippen molar-refractivity contribution in [3.8, 4) is 45.0 Å². The Morgan fingerprint density at radius 2 is 1.20 bits per heavy atom. The second kappa shape index (κ2) is 13.2. The molecule has 6 nitrogen and oxygen atoms in total. The van der Waals surface area contributed by atoms with Crippen molar-refractivity contribution in [2.24, 2.45) is 5.73 Å². The fraction of sp³-hybridized carbons (Fsp3) is 0.0606. The summed E-state index contributed by atoms with van der Waals surface area (Å²) in [7, 11) is 0. The van der Waals surface area contributed by atoms with Crippen LogP contribution in [0.2, 0.25) is 0 Å². The number of halogens is 2. The van der Waals surface area contributed by atoms with Crippen molar-refractivity contribution in [1.82, 2.24) is 20.6 Å². The van der Waals surface area contributed by atoms with Gasteiger partial charge in [-0.25, -0.2) is 9.97 Å². The van der Waals surface area contributed by atoms with E-state index in [0.717, 1.165) is 39.2 Å². The van der Waals surface area contributed by atoms with Crippen LogP contribution in [0.5, 0.6) is 0 Å². The molecule has 41 heavy (non-hydrogen) atoms. The molecule has 0 fully saturated rings. The summed E-state index contributed by atoms with van der Waals surface area (Å²) >= 11 is 11.7. The number of alkyl halides is 1. The van der Waals surface area contributed by atoms with Gasteiger partial charge in [-0.3, -0.25) is 5.41 Å². The zero-order valence-corrected chi connectivity index (χ0v) is 23.6. The number of nitrogens with zero attached hydrogens (tertiary/aromatic N) is 2. The lowest BCUT2D eigenvalue weighted by Crippen LogP contribution is -2.32. The fourth-order valence-electron chi connectivity index (χ4n) is 4.25. The fourth-order valence-corrected chi connectivity index (χ4v) is 4.64. The first kappa shape index (κ1) is 28.1. The molecule has 0 amide bonds. The highest BCUT2D eigenvalue weighted by Gasteiger charge is 2.12. The number of nitrogens with one attached hydrogen (secondary N) is 3. The van der Waals surface area contributed by atoms with Gasteiger partial charge in [0.2, 0.25) is 0 Å². The van der Waals surface area contributed by atoms with E-state index < -0.39 is 5.50 Å². The molecule has 4 aromatic carbocycles. The third-order valence-corrected chi connectivity index (χ3v) is 6.73. The minimum atomic E-state index is -0.680. The first-order valence-electron chi connectivity index (χ1n) is 13.0. The molecule has 5 rings (SSSR count). The van der Waals surface area contributed by atoms with Crippen LogP contribution in [0.4, 0.5) is 0 Å². The van der Waals surface area contributed by atoms with Crippen LogP contribution in [0.25, 0.3) is 45.0 Å². The molecule has 5 N–H and O–H groups in total. The van der Waals surface area contributed by atoms with E-state index >= 15 is 0 Å². The zero-order chi connectivity index (χ0) is 28.6. The molecule has 8 heteroatoms. The van der Waals surface area contributed by atoms with E-state index in [1.54, 1.807) is 0 Å². The first-order chi connectivity index (χ1) is 20.0. The summed E-state index contributed by atoms with van der Waals surface area (Å²) in [5, 5.41) is 14.6. The maximum atomic E-state index is 8.37. The van der Waals surface area contributed by atoms with Gasteiger partial charge in [-0.05, 0) is 23.3 Å². The molecule has 0 radical (unpaired) electrons. The normalized spacial score (nSPS) is 12.0. The molecular weight excluding hydrogens is 551 g/mol. The Kier molecular flexibility index (Phi) is 9.06. The second-order valence-electron chi connectivity index (χ2n) is 9.21. The number of benzene rings is 4. The summed E-state index contributed by atoms with van der Waals surface area (Å²) < 4.78 is 0. The molecule has 0 spiro atoms. The number of aromatic nitrogens is 2. The van der Waals surface area contributed by atoms with Crippen molar-refractivity contribution in [3.63, 3.8) is 0 Å². The largest absolute Gasteiger partial charge is 0.359 e. The van der Waals surface area contributed by atoms with Crippen LogP contribution >= 0.6 is 23.2 Å². The first-order valence-corrected chi connectivity index (χ1v) is 13.8. The summed E-state index contributed by atoms with van der Waals surface area (Å²) in [6.07, 6.45) is 1.47. The van der Waals surface area contributed by atoms with Gasteiger partial charge in [0.1, 0.15) is 16.5 Å². The molecule has 0 aliphatic carbocycles. The van der Waals surface area contributed by atoms with E-state index in [9.17, 15) is 0 Å². The SMILES string of the molecule is N=C(NCN/C(Cl)=C\C(N)Cl)c1ccc(-c2cc(-c3ccc(-c4ccccc4)cc3)nc(-c3ccccc3)n2)cc1. The molecule has 5 aromatic rings. The van der Waals surface area contributed by atoms with E-state index in [0.29, 0.717) is 11.0 Å². The summed E-state index contributed by atoms with van der Waals surface area (Å²) in [6, 6.07) is 38.4. The van der Waals surface area contributed by atoms with Gasteiger partial charge in [-0.2, -0.15) is 0 Å². The van der Waals surface area contributed by atoms with Gasteiger partial charge in [0.05, 0.1) is 18.1 Å². The van der Waals surface area contributed by atoms with E-state index in [2.05, 4.69) is 47.0 Å². The van der Waals surface area contributed by atoms with Crippen LogP contribution in [0.15, 0.2) is 126 Å². The van der Waals surface area contributed by atoms with Crippen molar-refractivity contribution in [3.05, 3.63) is 132 Å². The molecule has 0 aliphatic heterocycles. The quantitative estimate of drug-likeness (QED) is 0.0486. The molecule has 1 aromatic heterocycles. The molecule has 1 heterocycles. The van der Waals surface area contributed by atoms with Gasteiger partial charge in [-0.1, -0.05) is 121 Å². The van der Waals surface area contributed by atoms with Crippen LogP contribution in [0.3, 0.4) is 0 Å². The van der Waals surface area contributed by atoms with E-state index in [4.69, 9.17) is 44.3 Å². The van der Waals surface area contributed by atoms with Gasteiger partial charge < -0.3 is 16.4 Å². The Balaban J connectivity index is 1.41. The zero-order valence-electron chi connectivity index (χ0n) is 22.1. The molecule has 1 unspecified atom stereocenters. The lowest BCUT2D eigenvalue weighted by molar-refractivity contribution is 0.781. The monoisotopic (exact) mass is 578 g/mol. The van der Waals surface area contributed by atoms with Crippen LogP contribution in [-0.4, -0.2) is 28.0 Å². The minimum absolute atomic E-state index is 0.246. The standard InChI is InChI=1S/C33H28Cl2N6/c34-30(36)20-31(35)38-21-39-32(37)26-17-15-25(16-18-26)29-19-28(40-33(41-29)27-9-5-2-6-10-27)24-13-11-23(12-14-24)22-7-3-1-4-8-22/h1-20,30,38H,21,36H2,(H2,37,39)/b31-20-. The maximum absolute atomic E-state index is 8.37. The Labute approximate surface area is 249 Å². The molecular formula is C33H28Cl2N6. The Hall–Kier alpha value is -4.49. The summed E-state index contributed by atoms with van der Waals surface area (Å²) in [6.45, 7) is 0.248. The predicted molar refractivity (Wildman–Crippen MR) is 170 cm³/mol. The Morgan fingerprint density at radius 3 is 1.76 bits per heavy atom. The van der Waals surface area contributed by atoms with E-state index in [1.807, 2.05) is 78.9 Å². The molecule has 0 saturated carbocycles. The van der Waals surface area contributed by atoms with Crippen LogP contribution in [-0.2, 0) is 0 Å². The number of hydrogen-bond donors (Lipinski definition) is 4. The summed E-state index contributed by atoms with van der Waals surface area (Å²) in [5.41, 5.74) is 12.3. The minimum Gasteiger partial charge on any atom is -0.359 e. The number of nitrogens with two attached hydrogens (primary N) is 1.